The lowest BCUT2D eigenvalue weighted by atomic mass is 10.0. The standard InChI is InChI=1S/C10H14BrFN2O2S/c1-10(2,5-6-11)14-17(15,16)9-8(12)4-3-7-13-9/h3-4,7,14H,5-6H2,1-2H3. The first-order valence-electron chi connectivity index (χ1n) is 4.99. The first-order chi connectivity index (χ1) is 7.78. The quantitative estimate of drug-likeness (QED) is 0.843. The first-order valence-corrected chi connectivity index (χ1v) is 7.59. The van der Waals surface area contributed by atoms with E-state index in [9.17, 15) is 12.8 Å². The van der Waals surface area contributed by atoms with E-state index in [1.165, 1.54) is 12.3 Å². The summed E-state index contributed by atoms with van der Waals surface area (Å²) in [6.07, 6.45) is 1.83. The largest absolute Gasteiger partial charge is 0.261 e. The summed E-state index contributed by atoms with van der Waals surface area (Å²) in [6.45, 7) is 3.46. The van der Waals surface area contributed by atoms with Crippen molar-refractivity contribution in [2.24, 2.45) is 0 Å². The van der Waals surface area contributed by atoms with E-state index in [4.69, 9.17) is 0 Å². The van der Waals surface area contributed by atoms with Crippen LogP contribution >= 0.6 is 15.9 Å². The molecule has 0 amide bonds. The number of hydrogen-bond acceptors (Lipinski definition) is 3. The summed E-state index contributed by atoms with van der Waals surface area (Å²) in [5, 5.41) is 0.0791. The fraction of sp³-hybridized carbons (Fsp3) is 0.500. The van der Waals surface area contributed by atoms with E-state index in [2.05, 4.69) is 25.6 Å². The van der Waals surface area contributed by atoms with Gasteiger partial charge in [-0.25, -0.2) is 22.5 Å². The average molecular weight is 325 g/mol. The monoisotopic (exact) mass is 324 g/mol. The molecule has 1 aromatic rings. The summed E-state index contributed by atoms with van der Waals surface area (Å²) in [7, 11) is -3.93. The molecule has 96 valence electrons. The van der Waals surface area contributed by atoms with Gasteiger partial charge in [0.15, 0.2) is 5.82 Å². The molecule has 7 heteroatoms. The van der Waals surface area contributed by atoms with Crippen LogP contribution in [0.25, 0.3) is 0 Å². The predicted molar refractivity (Wildman–Crippen MR) is 67.0 cm³/mol. The highest BCUT2D eigenvalue weighted by molar-refractivity contribution is 9.09. The van der Waals surface area contributed by atoms with E-state index < -0.39 is 26.4 Å². The Balaban J connectivity index is 3.02. The maximum atomic E-state index is 13.4. The van der Waals surface area contributed by atoms with Gasteiger partial charge < -0.3 is 0 Å². The maximum Gasteiger partial charge on any atom is 0.261 e. The Morgan fingerprint density at radius 1 is 1.53 bits per heavy atom. The minimum absolute atomic E-state index is 0.567. The molecule has 17 heavy (non-hydrogen) atoms. The van der Waals surface area contributed by atoms with Crippen LogP contribution in [0.3, 0.4) is 0 Å². The van der Waals surface area contributed by atoms with Gasteiger partial charge in [0.25, 0.3) is 10.0 Å². The summed E-state index contributed by atoms with van der Waals surface area (Å²) in [6, 6.07) is 2.41. The van der Waals surface area contributed by atoms with Crippen LogP contribution in [0.5, 0.6) is 0 Å². The highest BCUT2D eigenvalue weighted by Gasteiger charge is 2.28. The molecule has 1 N–H and O–H groups in total. The number of hydrogen-bond donors (Lipinski definition) is 1. The zero-order chi connectivity index (χ0) is 13.1. The third-order valence-corrected chi connectivity index (χ3v) is 4.14. The molecule has 0 fully saturated rings. The number of nitrogens with one attached hydrogen (secondary N) is 1. The van der Waals surface area contributed by atoms with Crippen molar-refractivity contribution in [3.63, 3.8) is 0 Å². The van der Waals surface area contributed by atoms with Crippen LogP contribution in [0, 0.1) is 5.82 Å². The van der Waals surface area contributed by atoms with Crippen molar-refractivity contribution in [2.75, 3.05) is 5.33 Å². The van der Waals surface area contributed by atoms with Crippen LogP contribution in [0.15, 0.2) is 23.4 Å². The van der Waals surface area contributed by atoms with Crippen LogP contribution in [-0.2, 0) is 10.0 Å². The summed E-state index contributed by atoms with van der Waals surface area (Å²) >= 11 is 3.24. The summed E-state index contributed by atoms with van der Waals surface area (Å²) in [4.78, 5) is 3.56. The molecular weight excluding hydrogens is 311 g/mol. The van der Waals surface area contributed by atoms with Gasteiger partial charge in [-0.05, 0) is 32.4 Å². The van der Waals surface area contributed by atoms with Gasteiger partial charge in [0.05, 0.1) is 0 Å². The first kappa shape index (κ1) is 14.5. The van der Waals surface area contributed by atoms with Crippen molar-refractivity contribution in [2.45, 2.75) is 30.8 Å². The Morgan fingerprint density at radius 3 is 2.71 bits per heavy atom. The van der Waals surface area contributed by atoms with Crippen molar-refractivity contribution < 1.29 is 12.8 Å². The molecule has 4 nitrogen and oxygen atoms in total. The lowest BCUT2D eigenvalue weighted by molar-refractivity contribution is 0.439. The molecule has 0 spiro atoms. The van der Waals surface area contributed by atoms with Crippen molar-refractivity contribution in [1.82, 2.24) is 9.71 Å². The second-order valence-corrected chi connectivity index (χ2v) is 6.61. The number of rotatable bonds is 5. The molecule has 0 aromatic carbocycles. The molecule has 0 atom stereocenters. The molecule has 0 saturated carbocycles. The number of nitrogens with zero attached hydrogens (tertiary/aromatic N) is 1. The molecular formula is C10H14BrFN2O2S. The van der Waals surface area contributed by atoms with Gasteiger partial charge in [0.1, 0.15) is 0 Å². The van der Waals surface area contributed by atoms with E-state index in [1.54, 1.807) is 13.8 Å². The molecule has 0 saturated heterocycles. The van der Waals surface area contributed by atoms with Crippen molar-refractivity contribution in [1.29, 1.82) is 0 Å². The van der Waals surface area contributed by atoms with Crippen LogP contribution < -0.4 is 4.72 Å². The van der Waals surface area contributed by atoms with Gasteiger partial charge in [-0.1, -0.05) is 15.9 Å². The van der Waals surface area contributed by atoms with E-state index in [-0.39, 0.29) is 0 Å². The number of pyridine rings is 1. The molecule has 0 unspecified atom stereocenters. The summed E-state index contributed by atoms with van der Waals surface area (Å²) in [5.74, 6) is -0.852. The molecule has 0 aliphatic carbocycles. The molecule has 1 aromatic heterocycles. The normalized spacial score (nSPS) is 12.7. The van der Waals surface area contributed by atoms with Gasteiger partial charge in [0, 0.05) is 17.1 Å². The van der Waals surface area contributed by atoms with Crippen LogP contribution in [0.1, 0.15) is 20.3 Å². The van der Waals surface area contributed by atoms with Gasteiger partial charge in [-0.15, -0.1) is 0 Å². The second kappa shape index (κ2) is 5.41. The fourth-order valence-corrected chi connectivity index (χ4v) is 3.71. The second-order valence-electron chi connectivity index (χ2n) is 4.22. The van der Waals surface area contributed by atoms with E-state index in [0.29, 0.717) is 11.8 Å². The smallest absolute Gasteiger partial charge is 0.241 e. The third kappa shape index (κ3) is 4.01. The molecule has 1 heterocycles. The molecule has 0 radical (unpaired) electrons. The predicted octanol–water partition coefficient (Wildman–Crippen LogP) is 2.06. The van der Waals surface area contributed by atoms with Gasteiger partial charge in [-0.2, -0.15) is 0 Å². The Morgan fingerprint density at radius 2 is 2.18 bits per heavy atom. The number of sulfonamides is 1. The fourth-order valence-electron chi connectivity index (χ4n) is 1.27. The van der Waals surface area contributed by atoms with Crippen molar-refractivity contribution in [3.8, 4) is 0 Å². The number of halogens is 2. The summed E-state index contributed by atoms with van der Waals surface area (Å²) in [5.41, 5.74) is -0.660. The maximum absolute atomic E-state index is 13.4. The lowest BCUT2D eigenvalue weighted by Gasteiger charge is -2.24. The Labute approximate surface area is 109 Å². The highest BCUT2D eigenvalue weighted by atomic mass is 79.9. The van der Waals surface area contributed by atoms with Crippen LogP contribution in [-0.4, -0.2) is 24.3 Å². The van der Waals surface area contributed by atoms with Gasteiger partial charge in [0.2, 0.25) is 5.03 Å². The van der Waals surface area contributed by atoms with E-state index in [0.717, 1.165) is 6.07 Å². The number of aromatic nitrogens is 1. The van der Waals surface area contributed by atoms with Crippen molar-refractivity contribution >= 4 is 26.0 Å². The topological polar surface area (TPSA) is 59.1 Å². The van der Waals surface area contributed by atoms with Crippen LogP contribution in [0.4, 0.5) is 4.39 Å². The average Bonchev–Trinajstić information content (AvgIpc) is 2.15. The summed E-state index contributed by atoms with van der Waals surface area (Å²) < 4.78 is 39.6. The Hall–Kier alpha value is -0.530. The minimum atomic E-state index is -3.93. The Kier molecular flexibility index (Phi) is 4.62. The Bertz CT molecular complexity index is 491. The van der Waals surface area contributed by atoms with E-state index >= 15 is 0 Å². The SMILES string of the molecule is CC(C)(CCBr)NS(=O)(=O)c1ncccc1F. The third-order valence-electron chi connectivity index (χ3n) is 2.11. The zero-order valence-electron chi connectivity index (χ0n) is 9.57. The van der Waals surface area contributed by atoms with Crippen LogP contribution in [0.2, 0.25) is 0 Å². The van der Waals surface area contributed by atoms with Crippen molar-refractivity contribution in [3.05, 3.63) is 24.1 Å². The zero-order valence-corrected chi connectivity index (χ0v) is 12.0. The molecule has 0 bridgehead atoms. The van der Waals surface area contributed by atoms with Gasteiger partial charge in [-0.3, -0.25) is 0 Å². The van der Waals surface area contributed by atoms with E-state index in [1.807, 2.05) is 0 Å². The molecule has 0 aliphatic rings. The highest BCUT2D eigenvalue weighted by Crippen LogP contribution is 2.16. The number of alkyl halides is 1. The molecule has 1 rings (SSSR count). The van der Waals surface area contributed by atoms with Gasteiger partial charge >= 0.3 is 0 Å². The molecule has 0 aliphatic heterocycles. The lowest BCUT2D eigenvalue weighted by Crippen LogP contribution is -2.44. The minimum Gasteiger partial charge on any atom is -0.241 e.